The third-order valence-electron chi connectivity index (χ3n) is 3.21. The number of carbonyl (C=O) groups excluding carboxylic acids is 2. The number of nitrogens with one attached hydrogen (secondary N) is 2. The van der Waals surface area contributed by atoms with Crippen LogP contribution in [0.2, 0.25) is 5.02 Å². The molecule has 1 heterocycles. The van der Waals surface area contributed by atoms with Crippen LogP contribution in [0.15, 0.2) is 35.5 Å². The molecule has 1 aliphatic heterocycles. The van der Waals surface area contributed by atoms with Gasteiger partial charge in [0.2, 0.25) is 0 Å². The lowest BCUT2D eigenvalue weighted by Crippen LogP contribution is -2.45. The predicted molar refractivity (Wildman–Crippen MR) is 79.8 cm³/mol. The Morgan fingerprint density at radius 3 is 2.52 bits per heavy atom. The second kappa shape index (κ2) is 6.63. The summed E-state index contributed by atoms with van der Waals surface area (Å²) in [5.41, 5.74) is 1.79. The molecule has 0 saturated heterocycles. The van der Waals surface area contributed by atoms with Crippen LogP contribution in [0.4, 0.5) is 4.79 Å². The first-order valence-electron chi connectivity index (χ1n) is 6.80. The van der Waals surface area contributed by atoms with Crippen LogP contribution in [0.5, 0.6) is 0 Å². The molecule has 0 aliphatic carbocycles. The maximum absolute atomic E-state index is 12.2. The summed E-state index contributed by atoms with van der Waals surface area (Å²) in [6.45, 7) is 3.90. The monoisotopic (exact) mass is 308 g/mol. The van der Waals surface area contributed by atoms with Gasteiger partial charge in [-0.05, 0) is 31.0 Å². The molecule has 0 fully saturated rings. The Balaban J connectivity index is 2.46. The largest absolute Gasteiger partial charge is 0.463 e. The van der Waals surface area contributed by atoms with Crippen LogP contribution in [-0.2, 0) is 9.53 Å². The van der Waals surface area contributed by atoms with Crippen molar-refractivity contribution in [3.05, 3.63) is 46.1 Å². The van der Waals surface area contributed by atoms with Gasteiger partial charge >= 0.3 is 12.0 Å². The van der Waals surface area contributed by atoms with E-state index in [2.05, 4.69) is 10.6 Å². The number of ether oxygens (including phenoxy) is 1. The second-order valence-corrected chi connectivity index (χ2v) is 4.99. The molecule has 1 aliphatic rings. The van der Waals surface area contributed by atoms with Crippen molar-refractivity contribution in [2.24, 2.45) is 0 Å². The van der Waals surface area contributed by atoms with Crippen LogP contribution >= 0.6 is 11.6 Å². The van der Waals surface area contributed by atoms with Crippen LogP contribution in [0.25, 0.3) is 0 Å². The normalized spacial score (nSPS) is 18.0. The lowest BCUT2D eigenvalue weighted by atomic mass is 9.94. The number of halogens is 1. The maximum atomic E-state index is 12.2. The molecule has 21 heavy (non-hydrogen) atoms. The predicted octanol–water partition coefficient (Wildman–Crippen LogP) is 2.92. The van der Waals surface area contributed by atoms with Gasteiger partial charge in [0.1, 0.15) is 0 Å². The zero-order valence-corrected chi connectivity index (χ0v) is 12.7. The van der Waals surface area contributed by atoms with Crippen molar-refractivity contribution in [2.75, 3.05) is 6.61 Å². The smallest absolute Gasteiger partial charge is 0.338 e. The average molecular weight is 309 g/mol. The highest BCUT2D eigenvalue weighted by Gasteiger charge is 2.32. The van der Waals surface area contributed by atoms with Gasteiger partial charge in [0.25, 0.3) is 0 Å². The number of amides is 2. The Hall–Kier alpha value is -2.01. The van der Waals surface area contributed by atoms with Gasteiger partial charge in [0.15, 0.2) is 0 Å². The fourth-order valence-electron chi connectivity index (χ4n) is 2.25. The molecule has 0 bridgehead atoms. The Labute approximate surface area is 128 Å². The van der Waals surface area contributed by atoms with Crippen LogP contribution in [-0.4, -0.2) is 18.6 Å². The zero-order valence-electron chi connectivity index (χ0n) is 11.9. The van der Waals surface area contributed by atoms with Gasteiger partial charge in [-0.2, -0.15) is 0 Å². The molecular formula is C15H17ClN2O3. The van der Waals surface area contributed by atoms with Gasteiger partial charge < -0.3 is 15.4 Å². The molecule has 2 N–H and O–H groups in total. The fourth-order valence-corrected chi connectivity index (χ4v) is 2.38. The number of rotatable bonds is 4. The number of benzene rings is 1. The molecule has 1 aromatic carbocycles. The third-order valence-corrected chi connectivity index (χ3v) is 3.46. The van der Waals surface area contributed by atoms with Crippen LogP contribution in [0, 0.1) is 0 Å². The SMILES string of the molecule is CCOC(=O)C1=C(CC)NC(=O)NC1c1ccc(Cl)cc1. The van der Waals surface area contributed by atoms with Crippen LogP contribution < -0.4 is 10.6 Å². The van der Waals surface area contributed by atoms with Crippen molar-refractivity contribution >= 4 is 23.6 Å². The summed E-state index contributed by atoms with van der Waals surface area (Å²) in [4.78, 5) is 24.0. The van der Waals surface area contributed by atoms with Gasteiger partial charge in [-0.15, -0.1) is 0 Å². The van der Waals surface area contributed by atoms with E-state index in [1.54, 1.807) is 31.2 Å². The molecular weight excluding hydrogens is 292 g/mol. The van der Waals surface area contributed by atoms with Crippen molar-refractivity contribution in [3.8, 4) is 0 Å². The Morgan fingerprint density at radius 2 is 1.95 bits per heavy atom. The molecule has 0 spiro atoms. The van der Waals surface area contributed by atoms with Gasteiger partial charge in [0.05, 0.1) is 18.2 Å². The quantitative estimate of drug-likeness (QED) is 0.840. The Kier molecular flexibility index (Phi) is 4.85. The summed E-state index contributed by atoms with van der Waals surface area (Å²) in [5.74, 6) is -0.429. The minimum absolute atomic E-state index is 0.278. The van der Waals surface area contributed by atoms with Gasteiger partial charge in [-0.1, -0.05) is 30.7 Å². The van der Waals surface area contributed by atoms with E-state index in [9.17, 15) is 9.59 Å². The molecule has 0 radical (unpaired) electrons. The van der Waals surface area contributed by atoms with E-state index in [0.717, 1.165) is 5.56 Å². The molecule has 1 unspecified atom stereocenters. The highest BCUT2D eigenvalue weighted by Crippen LogP contribution is 2.29. The molecule has 5 nitrogen and oxygen atoms in total. The van der Waals surface area contributed by atoms with E-state index in [1.165, 1.54) is 0 Å². The topological polar surface area (TPSA) is 67.4 Å². The molecule has 1 atom stereocenters. The lowest BCUT2D eigenvalue weighted by Gasteiger charge is -2.29. The van der Waals surface area contributed by atoms with E-state index in [0.29, 0.717) is 22.7 Å². The maximum Gasteiger partial charge on any atom is 0.338 e. The Bertz CT molecular complexity index is 581. The Morgan fingerprint density at radius 1 is 1.29 bits per heavy atom. The van der Waals surface area contributed by atoms with Crippen LogP contribution in [0.3, 0.4) is 0 Å². The zero-order chi connectivity index (χ0) is 15.4. The molecule has 6 heteroatoms. The lowest BCUT2D eigenvalue weighted by molar-refractivity contribution is -0.139. The number of carbonyl (C=O) groups is 2. The first kappa shape index (κ1) is 15.4. The number of allylic oxidation sites excluding steroid dienone is 1. The molecule has 0 aromatic heterocycles. The number of urea groups is 1. The van der Waals surface area contributed by atoms with E-state index >= 15 is 0 Å². The fraction of sp³-hybridized carbons (Fsp3) is 0.333. The summed E-state index contributed by atoms with van der Waals surface area (Å²) in [6, 6.07) is 6.14. The van der Waals surface area contributed by atoms with E-state index in [-0.39, 0.29) is 12.6 Å². The number of esters is 1. The summed E-state index contributed by atoms with van der Waals surface area (Å²) in [5, 5.41) is 6.02. The average Bonchev–Trinajstić information content (AvgIpc) is 2.47. The summed E-state index contributed by atoms with van der Waals surface area (Å²) >= 11 is 5.88. The molecule has 2 amide bonds. The van der Waals surface area contributed by atoms with Crippen molar-refractivity contribution in [2.45, 2.75) is 26.3 Å². The molecule has 0 saturated carbocycles. The minimum Gasteiger partial charge on any atom is -0.463 e. The van der Waals surface area contributed by atoms with Crippen molar-refractivity contribution in [1.29, 1.82) is 0 Å². The summed E-state index contributed by atoms with van der Waals surface area (Å²) < 4.78 is 5.11. The first-order chi connectivity index (χ1) is 10.1. The van der Waals surface area contributed by atoms with Gasteiger partial charge in [-0.25, -0.2) is 9.59 Å². The van der Waals surface area contributed by atoms with E-state index in [1.807, 2.05) is 6.92 Å². The highest BCUT2D eigenvalue weighted by molar-refractivity contribution is 6.30. The number of hydrogen-bond donors (Lipinski definition) is 2. The second-order valence-electron chi connectivity index (χ2n) is 4.55. The van der Waals surface area contributed by atoms with Crippen molar-refractivity contribution < 1.29 is 14.3 Å². The minimum atomic E-state index is -0.537. The van der Waals surface area contributed by atoms with E-state index < -0.39 is 12.0 Å². The van der Waals surface area contributed by atoms with Crippen LogP contribution in [0.1, 0.15) is 31.9 Å². The van der Waals surface area contributed by atoms with E-state index in [4.69, 9.17) is 16.3 Å². The molecule has 112 valence electrons. The standard InChI is InChI=1S/C15H17ClN2O3/c1-3-11-12(14(19)21-4-2)13(18-15(20)17-11)9-5-7-10(16)8-6-9/h5-8,13H,3-4H2,1-2H3,(H2,17,18,20). The van der Waals surface area contributed by atoms with Gasteiger partial charge in [0, 0.05) is 10.7 Å². The molecule has 2 rings (SSSR count). The van der Waals surface area contributed by atoms with Crippen molar-refractivity contribution in [3.63, 3.8) is 0 Å². The summed E-state index contributed by atoms with van der Waals surface area (Å²) in [6.07, 6.45) is 0.533. The third kappa shape index (κ3) is 3.36. The van der Waals surface area contributed by atoms with Crippen molar-refractivity contribution in [1.82, 2.24) is 10.6 Å². The highest BCUT2D eigenvalue weighted by atomic mass is 35.5. The molecule has 1 aromatic rings. The van der Waals surface area contributed by atoms with Gasteiger partial charge in [-0.3, -0.25) is 0 Å². The number of hydrogen-bond acceptors (Lipinski definition) is 3. The first-order valence-corrected chi connectivity index (χ1v) is 7.17. The summed E-state index contributed by atoms with van der Waals surface area (Å²) in [7, 11) is 0.